The largest absolute Gasteiger partial charge is 0.464 e. The SMILES string of the molecule is CN=C(C[N+](=O)[O-])NCCSCc1ccc(CN(C)C)o1.Cl. The molecule has 0 unspecified atom stereocenters. The van der Waals surface area contributed by atoms with Crippen LogP contribution in [0.4, 0.5) is 0 Å². The Morgan fingerprint density at radius 1 is 1.45 bits per heavy atom. The van der Waals surface area contributed by atoms with Gasteiger partial charge in [0.15, 0.2) is 5.84 Å². The summed E-state index contributed by atoms with van der Waals surface area (Å²) in [7, 11) is 5.55. The highest BCUT2D eigenvalue weighted by molar-refractivity contribution is 7.98. The molecule has 1 heterocycles. The van der Waals surface area contributed by atoms with Crippen molar-refractivity contribution >= 4 is 30.0 Å². The summed E-state index contributed by atoms with van der Waals surface area (Å²) in [5.41, 5.74) is 0. The van der Waals surface area contributed by atoms with Crippen LogP contribution in [-0.2, 0) is 12.3 Å². The fraction of sp³-hybridized carbons (Fsp3) is 0.615. The number of nitrogens with zero attached hydrogens (tertiary/aromatic N) is 3. The highest BCUT2D eigenvalue weighted by Crippen LogP contribution is 2.15. The van der Waals surface area contributed by atoms with E-state index >= 15 is 0 Å². The van der Waals surface area contributed by atoms with Crippen molar-refractivity contribution in [3.63, 3.8) is 0 Å². The molecule has 0 saturated carbocycles. The first-order valence-corrected chi connectivity index (χ1v) is 7.78. The minimum absolute atomic E-state index is 0. The molecule has 0 radical (unpaired) electrons. The van der Waals surface area contributed by atoms with E-state index in [2.05, 4.69) is 15.2 Å². The second-order valence-corrected chi connectivity index (χ2v) is 5.85. The maximum absolute atomic E-state index is 10.4. The number of halogens is 1. The summed E-state index contributed by atoms with van der Waals surface area (Å²) in [4.78, 5) is 15.9. The van der Waals surface area contributed by atoms with Crippen LogP contribution in [0.15, 0.2) is 21.5 Å². The van der Waals surface area contributed by atoms with E-state index in [1.54, 1.807) is 18.8 Å². The first kappa shape index (κ1) is 20.8. The summed E-state index contributed by atoms with van der Waals surface area (Å²) in [6.07, 6.45) is 0. The van der Waals surface area contributed by atoms with Crippen LogP contribution in [0, 0.1) is 10.1 Å². The van der Waals surface area contributed by atoms with Crippen molar-refractivity contribution in [1.29, 1.82) is 0 Å². The summed E-state index contributed by atoms with van der Waals surface area (Å²) in [6, 6.07) is 3.98. The first-order chi connectivity index (χ1) is 10.0. The molecule has 0 amide bonds. The zero-order chi connectivity index (χ0) is 15.7. The molecule has 0 aliphatic rings. The molecule has 1 rings (SSSR count). The van der Waals surface area contributed by atoms with Gasteiger partial charge in [0, 0.05) is 24.3 Å². The summed E-state index contributed by atoms with van der Waals surface area (Å²) < 4.78 is 5.70. The predicted molar refractivity (Wildman–Crippen MR) is 92.7 cm³/mol. The molecular weight excluding hydrogens is 328 g/mol. The van der Waals surface area contributed by atoms with Crippen LogP contribution in [-0.4, -0.2) is 55.6 Å². The van der Waals surface area contributed by atoms with Crippen molar-refractivity contribution < 1.29 is 9.34 Å². The number of amidine groups is 1. The molecule has 0 spiro atoms. The molecule has 0 aliphatic heterocycles. The van der Waals surface area contributed by atoms with Gasteiger partial charge in [0.05, 0.1) is 12.3 Å². The standard InChI is InChI=1S/C13H22N4O3S.ClH/c1-14-13(9-17(18)19)15-6-7-21-10-12-5-4-11(20-12)8-16(2)3;/h4-5H,6-10H2,1-3H3,(H,14,15);1H. The Morgan fingerprint density at radius 3 is 2.73 bits per heavy atom. The van der Waals surface area contributed by atoms with Crippen molar-refractivity contribution in [2.45, 2.75) is 12.3 Å². The molecule has 0 fully saturated rings. The van der Waals surface area contributed by atoms with Gasteiger partial charge in [0.25, 0.3) is 6.54 Å². The quantitative estimate of drug-likeness (QED) is 0.241. The number of hydrogen-bond acceptors (Lipinski definition) is 6. The minimum Gasteiger partial charge on any atom is -0.464 e. The molecule has 0 atom stereocenters. The van der Waals surface area contributed by atoms with Crippen molar-refractivity contribution in [2.24, 2.45) is 4.99 Å². The normalized spacial score (nSPS) is 11.4. The molecule has 0 bridgehead atoms. The van der Waals surface area contributed by atoms with Gasteiger partial charge >= 0.3 is 0 Å². The number of nitro groups is 1. The van der Waals surface area contributed by atoms with Gasteiger partial charge in [-0.05, 0) is 26.2 Å². The number of rotatable bonds is 9. The van der Waals surface area contributed by atoms with E-state index < -0.39 is 4.92 Å². The van der Waals surface area contributed by atoms with Gasteiger partial charge in [0.2, 0.25) is 0 Å². The van der Waals surface area contributed by atoms with Crippen molar-refractivity contribution in [1.82, 2.24) is 10.2 Å². The lowest BCUT2D eigenvalue weighted by molar-refractivity contribution is -0.463. The average Bonchev–Trinajstić information content (AvgIpc) is 2.83. The average molecular weight is 351 g/mol. The Kier molecular flexibility index (Phi) is 10.7. The maximum Gasteiger partial charge on any atom is 0.259 e. The Hall–Kier alpha value is -1.25. The van der Waals surface area contributed by atoms with Crippen LogP contribution >= 0.6 is 24.2 Å². The van der Waals surface area contributed by atoms with Crippen LogP contribution in [0.3, 0.4) is 0 Å². The molecule has 7 nitrogen and oxygen atoms in total. The molecule has 0 saturated heterocycles. The fourth-order valence-electron chi connectivity index (χ4n) is 1.66. The van der Waals surface area contributed by atoms with E-state index in [0.717, 1.165) is 29.6 Å². The number of aliphatic imine (C=N–C) groups is 1. The van der Waals surface area contributed by atoms with Crippen LogP contribution in [0.25, 0.3) is 0 Å². The molecule has 0 aromatic carbocycles. The van der Waals surface area contributed by atoms with Gasteiger partial charge in [-0.3, -0.25) is 15.1 Å². The molecule has 1 aromatic rings. The summed E-state index contributed by atoms with van der Waals surface area (Å²) in [5, 5.41) is 13.4. The fourth-order valence-corrected chi connectivity index (χ4v) is 2.41. The Morgan fingerprint density at radius 2 is 2.14 bits per heavy atom. The Labute approximate surface area is 141 Å². The zero-order valence-corrected chi connectivity index (χ0v) is 14.7. The minimum atomic E-state index is -0.391. The van der Waals surface area contributed by atoms with Crippen LogP contribution in [0.1, 0.15) is 11.5 Å². The molecule has 9 heteroatoms. The van der Waals surface area contributed by atoms with Gasteiger partial charge in [-0.1, -0.05) is 0 Å². The van der Waals surface area contributed by atoms with E-state index in [-0.39, 0.29) is 19.0 Å². The third kappa shape index (κ3) is 8.91. The van der Waals surface area contributed by atoms with Crippen LogP contribution < -0.4 is 5.32 Å². The van der Waals surface area contributed by atoms with Gasteiger partial charge in [-0.25, -0.2) is 0 Å². The predicted octanol–water partition coefficient (Wildman–Crippen LogP) is 1.89. The highest BCUT2D eigenvalue weighted by atomic mass is 35.5. The van der Waals surface area contributed by atoms with Gasteiger partial charge in [-0.2, -0.15) is 11.8 Å². The van der Waals surface area contributed by atoms with Crippen molar-refractivity contribution in [3.8, 4) is 0 Å². The van der Waals surface area contributed by atoms with Crippen molar-refractivity contribution in [3.05, 3.63) is 33.8 Å². The monoisotopic (exact) mass is 350 g/mol. The number of furan rings is 1. The smallest absolute Gasteiger partial charge is 0.259 e. The molecule has 1 aromatic heterocycles. The lowest BCUT2D eigenvalue weighted by Crippen LogP contribution is -2.31. The topological polar surface area (TPSA) is 83.9 Å². The van der Waals surface area contributed by atoms with Gasteiger partial charge in [-0.15, -0.1) is 12.4 Å². The van der Waals surface area contributed by atoms with Gasteiger partial charge in [0.1, 0.15) is 11.5 Å². The lowest BCUT2D eigenvalue weighted by atomic mass is 10.4. The van der Waals surface area contributed by atoms with Crippen LogP contribution in [0.2, 0.25) is 0 Å². The number of nitrogens with one attached hydrogen (secondary N) is 1. The first-order valence-electron chi connectivity index (χ1n) is 6.62. The third-order valence-corrected chi connectivity index (χ3v) is 3.54. The Balaban J connectivity index is 0.00000441. The summed E-state index contributed by atoms with van der Waals surface area (Å²) in [6.45, 7) is 1.19. The third-order valence-electron chi connectivity index (χ3n) is 2.56. The van der Waals surface area contributed by atoms with E-state index in [0.29, 0.717) is 12.4 Å². The van der Waals surface area contributed by atoms with Gasteiger partial charge < -0.3 is 14.6 Å². The van der Waals surface area contributed by atoms with E-state index in [4.69, 9.17) is 4.42 Å². The van der Waals surface area contributed by atoms with E-state index in [1.165, 1.54) is 0 Å². The number of hydrogen-bond donors (Lipinski definition) is 1. The van der Waals surface area contributed by atoms with Crippen molar-refractivity contribution in [2.75, 3.05) is 40.0 Å². The molecular formula is C13H23ClN4O3S. The summed E-state index contributed by atoms with van der Waals surface area (Å²) >= 11 is 1.72. The summed E-state index contributed by atoms with van der Waals surface area (Å²) in [5.74, 6) is 3.95. The molecule has 126 valence electrons. The van der Waals surface area contributed by atoms with E-state index in [1.807, 2.05) is 26.2 Å². The lowest BCUT2D eigenvalue weighted by Gasteiger charge is -2.06. The second kappa shape index (κ2) is 11.3. The molecule has 1 N–H and O–H groups in total. The van der Waals surface area contributed by atoms with E-state index in [9.17, 15) is 10.1 Å². The Bertz CT molecular complexity index is 480. The second-order valence-electron chi connectivity index (χ2n) is 4.75. The zero-order valence-electron chi connectivity index (χ0n) is 13.1. The number of thioether (sulfide) groups is 1. The molecule has 0 aliphatic carbocycles. The molecule has 22 heavy (non-hydrogen) atoms. The highest BCUT2D eigenvalue weighted by Gasteiger charge is 2.06. The van der Waals surface area contributed by atoms with Crippen LogP contribution in [0.5, 0.6) is 0 Å². The maximum atomic E-state index is 10.4.